The lowest BCUT2D eigenvalue weighted by Gasteiger charge is -2.32. The molecule has 1 amide bonds. The fourth-order valence-corrected chi connectivity index (χ4v) is 3.53. The highest BCUT2D eigenvalue weighted by molar-refractivity contribution is 5.94. The minimum absolute atomic E-state index is 0. The van der Waals surface area contributed by atoms with Gasteiger partial charge in [0.1, 0.15) is 0 Å². The largest absolute Gasteiger partial charge is 0.334 e. The van der Waals surface area contributed by atoms with E-state index in [4.69, 9.17) is 5.73 Å². The summed E-state index contributed by atoms with van der Waals surface area (Å²) in [5.41, 5.74) is 7.84. The first-order valence-corrected chi connectivity index (χ1v) is 8.68. The lowest BCUT2D eigenvalue weighted by Crippen LogP contribution is -2.43. The van der Waals surface area contributed by atoms with Crippen LogP contribution in [0.1, 0.15) is 28.8 Å². The van der Waals surface area contributed by atoms with Crippen molar-refractivity contribution in [3.63, 3.8) is 0 Å². The number of amides is 1. The topological polar surface area (TPSA) is 52.8 Å². The minimum Gasteiger partial charge on any atom is -0.334 e. The van der Waals surface area contributed by atoms with Crippen LogP contribution >= 0.6 is 24.8 Å². The van der Waals surface area contributed by atoms with Crippen LogP contribution in [0.25, 0.3) is 0 Å². The molecule has 3 rings (SSSR count). The third-order valence-corrected chi connectivity index (χ3v) is 5.11. The third kappa shape index (κ3) is 5.56. The molecule has 0 radical (unpaired) electrons. The zero-order valence-corrected chi connectivity index (χ0v) is 16.5. The van der Waals surface area contributed by atoms with Crippen molar-refractivity contribution in [1.29, 1.82) is 0 Å². The fraction of sp³-hybridized carbons (Fsp3) is 0.611. The van der Waals surface area contributed by atoms with Crippen LogP contribution in [0.4, 0.5) is 0 Å². The van der Waals surface area contributed by atoms with Crippen LogP contribution < -0.4 is 5.73 Å². The number of nitrogens with two attached hydrogens (primary N) is 1. The molecule has 1 atom stereocenters. The predicted octanol–water partition coefficient (Wildman–Crippen LogP) is 1.84. The van der Waals surface area contributed by atoms with Crippen LogP contribution in [0.2, 0.25) is 0 Å². The summed E-state index contributed by atoms with van der Waals surface area (Å²) in [6.07, 6.45) is 2.10. The predicted molar refractivity (Wildman–Crippen MR) is 107 cm³/mol. The van der Waals surface area contributed by atoms with Crippen molar-refractivity contribution in [3.8, 4) is 0 Å². The van der Waals surface area contributed by atoms with E-state index >= 15 is 0 Å². The Bertz CT molecular complexity index is 532. The molecule has 1 aromatic rings. The molecule has 0 saturated carbocycles. The zero-order valence-electron chi connectivity index (χ0n) is 14.9. The van der Waals surface area contributed by atoms with Gasteiger partial charge in [-0.15, -0.1) is 24.8 Å². The second-order valence-electron chi connectivity index (χ2n) is 6.81. The second kappa shape index (κ2) is 10.3. The van der Waals surface area contributed by atoms with Crippen molar-refractivity contribution in [3.05, 3.63) is 35.4 Å². The molecule has 142 valence electrons. The number of nitrogens with zero attached hydrogens (tertiary/aromatic N) is 3. The van der Waals surface area contributed by atoms with Gasteiger partial charge >= 0.3 is 0 Å². The van der Waals surface area contributed by atoms with Gasteiger partial charge in [0.15, 0.2) is 0 Å². The molecule has 2 saturated heterocycles. The van der Waals surface area contributed by atoms with E-state index in [0.29, 0.717) is 6.54 Å². The molecule has 2 heterocycles. The van der Waals surface area contributed by atoms with Gasteiger partial charge in [0.05, 0.1) is 0 Å². The maximum atomic E-state index is 12.6. The van der Waals surface area contributed by atoms with Crippen LogP contribution in [-0.2, 0) is 6.54 Å². The molecule has 2 N–H and O–H groups in total. The molecule has 25 heavy (non-hydrogen) atoms. The van der Waals surface area contributed by atoms with Crippen LogP contribution in [-0.4, -0.2) is 73.0 Å². The third-order valence-electron chi connectivity index (χ3n) is 5.11. The van der Waals surface area contributed by atoms with E-state index in [1.807, 2.05) is 17.0 Å². The maximum Gasteiger partial charge on any atom is 0.254 e. The Labute approximate surface area is 163 Å². The van der Waals surface area contributed by atoms with Crippen molar-refractivity contribution in [1.82, 2.24) is 14.7 Å². The lowest BCUT2D eigenvalue weighted by atomic mass is 10.1. The van der Waals surface area contributed by atoms with Crippen LogP contribution in [0.15, 0.2) is 24.3 Å². The maximum absolute atomic E-state index is 12.6. The number of hydrogen-bond acceptors (Lipinski definition) is 4. The number of piperazine rings is 1. The number of rotatable bonds is 4. The minimum atomic E-state index is 0. The Hall–Kier alpha value is -0.850. The molecule has 1 aromatic carbocycles. The summed E-state index contributed by atoms with van der Waals surface area (Å²) >= 11 is 0. The van der Waals surface area contributed by atoms with Gasteiger partial charge in [0.25, 0.3) is 5.91 Å². The summed E-state index contributed by atoms with van der Waals surface area (Å²) in [6.45, 7) is 6.86. The van der Waals surface area contributed by atoms with Crippen molar-refractivity contribution in [2.24, 2.45) is 5.73 Å². The Balaban J connectivity index is 0.00000156. The van der Waals surface area contributed by atoms with Gasteiger partial charge in [-0.1, -0.05) is 12.1 Å². The summed E-state index contributed by atoms with van der Waals surface area (Å²) in [5.74, 6) is 0.129. The van der Waals surface area contributed by atoms with Crippen molar-refractivity contribution >= 4 is 30.7 Å². The lowest BCUT2D eigenvalue weighted by molar-refractivity contribution is 0.0741. The number of likely N-dealkylation sites (tertiary alicyclic amines) is 1. The van der Waals surface area contributed by atoms with E-state index in [1.165, 1.54) is 5.56 Å². The molecule has 5 nitrogen and oxygen atoms in total. The number of benzene rings is 1. The Morgan fingerprint density at radius 2 is 1.72 bits per heavy atom. The van der Waals surface area contributed by atoms with Crippen molar-refractivity contribution < 1.29 is 4.79 Å². The van der Waals surface area contributed by atoms with Gasteiger partial charge in [0.2, 0.25) is 0 Å². The molecule has 1 unspecified atom stereocenters. The average molecular weight is 389 g/mol. The van der Waals surface area contributed by atoms with Gasteiger partial charge in [-0.25, -0.2) is 0 Å². The molecule has 2 fully saturated rings. The monoisotopic (exact) mass is 388 g/mol. The second-order valence-corrected chi connectivity index (χ2v) is 6.81. The van der Waals surface area contributed by atoms with Gasteiger partial charge in [-0.3, -0.25) is 9.69 Å². The molecule has 2 aliphatic heterocycles. The van der Waals surface area contributed by atoms with Crippen LogP contribution in [0.3, 0.4) is 0 Å². The Morgan fingerprint density at radius 3 is 2.32 bits per heavy atom. The first-order chi connectivity index (χ1) is 11.2. The summed E-state index contributed by atoms with van der Waals surface area (Å²) in [4.78, 5) is 19.4. The molecule has 0 bridgehead atoms. The first kappa shape index (κ1) is 22.2. The van der Waals surface area contributed by atoms with Gasteiger partial charge in [0, 0.05) is 57.4 Å². The standard InChI is InChI=1S/C18H28N4O.2ClH/c1-20-9-11-21(12-10-20)14-15-4-6-16(7-5-15)18(23)22-8-2-3-17(22)13-19;;/h4-7,17H,2-3,8-14,19H2,1H3;2*1H. The van der Waals surface area contributed by atoms with E-state index in [2.05, 4.69) is 29.0 Å². The summed E-state index contributed by atoms with van der Waals surface area (Å²) in [5, 5.41) is 0. The summed E-state index contributed by atoms with van der Waals surface area (Å²) < 4.78 is 0. The number of likely N-dealkylation sites (N-methyl/N-ethyl adjacent to an activating group) is 1. The first-order valence-electron chi connectivity index (χ1n) is 8.68. The highest BCUT2D eigenvalue weighted by Gasteiger charge is 2.28. The molecule has 0 aromatic heterocycles. The van der Waals surface area contributed by atoms with E-state index < -0.39 is 0 Å². The quantitative estimate of drug-likeness (QED) is 0.854. The van der Waals surface area contributed by atoms with E-state index in [-0.39, 0.29) is 36.8 Å². The van der Waals surface area contributed by atoms with Gasteiger partial charge in [-0.2, -0.15) is 0 Å². The Kier molecular flexibility index (Phi) is 9.17. The number of hydrogen-bond donors (Lipinski definition) is 1. The number of carbonyl (C=O) groups excluding carboxylic acids is 1. The summed E-state index contributed by atoms with van der Waals surface area (Å²) in [6, 6.07) is 8.35. The average Bonchev–Trinajstić information content (AvgIpc) is 3.06. The molecular formula is C18H30Cl2N4O. The molecule has 2 aliphatic rings. The fourth-order valence-electron chi connectivity index (χ4n) is 3.53. The molecule has 0 spiro atoms. The highest BCUT2D eigenvalue weighted by Crippen LogP contribution is 2.20. The molecule has 0 aliphatic carbocycles. The van der Waals surface area contributed by atoms with Crippen molar-refractivity contribution in [2.45, 2.75) is 25.4 Å². The van der Waals surface area contributed by atoms with E-state index in [0.717, 1.165) is 57.7 Å². The van der Waals surface area contributed by atoms with Gasteiger partial charge < -0.3 is 15.5 Å². The van der Waals surface area contributed by atoms with E-state index in [1.54, 1.807) is 0 Å². The zero-order chi connectivity index (χ0) is 16.2. The van der Waals surface area contributed by atoms with Crippen LogP contribution in [0, 0.1) is 0 Å². The van der Waals surface area contributed by atoms with E-state index in [9.17, 15) is 4.79 Å². The highest BCUT2D eigenvalue weighted by atomic mass is 35.5. The normalized spacial score (nSPS) is 21.5. The van der Waals surface area contributed by atoms with Gasteiger partial charge in [-0.05, 0) is 37.6 Å². The molecular weight excluding hydrogens is 359 g/mol. The van der Waals surface area contributed by atoms with Crippen LogP contribution in [0.5, 0.6) is 0 Å². The number of carbonyl (C=O) groups is 1. The Morgan fingerprint density at radius 1 is 1.08 bits per heavy atom. The summed E-state index contributed by atoms with van der Waals surface area (Å²) in [7, 11) is 2.17. The SMILES string of the molecule is CN1CCN(Cc2ccc(C(=O)N3CCCC3CN)cc2)CC1.Cl.Cl. The smallest absolute Gasteiger partial charge is 0.254 e. The molecule has 7 heteroatoms. The number of halogens is 2. The van der Waals surface area contributed by atoms with Crippen molar-refractivity contribution in [2.75, 3.05) is 46.3 Å².